The maximum absolute atomic E-state index is 13.0. The molecule has 4 rings (SSSR count). The van der Waals surface area contributed by atoms with Gasteiger partial charge in [-0.05, 0) is 41.5 Å². The summed E-state index contributed by atoms with van der Waals surface area (Å²) in [6.45, 7) is 1.18. The smallest absolute Gasteiger partial charge is 0.331 e. The van der Waals surface area contributed by atoms with Gasteiger partial charge in [0.1, 0.15) is 17.8 Å². The van der Waals surface area contributed by atoms with Crippen LogP contribution in [0.25, 0.3) is 10.8 Å². The summed E-state index contributed by atoms with van der Waals surface area (Å²) in [5.41, 5.74) is -0.586. The molecule has 3 aromatic rings. The molecule has 1 heterocycles. The third kappa shape index (κ3) is 3.09. The molecule has 1 N–H and O–H groups in total. The van der Waals surface area contributed by atoms with Gasteiger partial charge in [-0.3, -0.25) is 9.69 Å². The lowest BCUT2D eigenvalue weighted by molar-refractivity contribution is -0.140. The third-order valence-corrected chi connectivity index (χ3v) is 4.86. The standard InChI is InChI=1S/C22H18N2O4/c1-22(17-12-11-15-7-5-6-8-16(15)13-17)20(26)24(21(27)23-22)14-19(25)28-18-9-3-2-4-10-18/h2-13H,14H2,1H3,(H,23,27). The van der Waals surface area contributed by atoms with Gasteiger partial charge in [0, 0.05) is 0 Å². The van der Waals surface area contributed by atoms with Crippen molar-refractivity contribution in [2.24, 2.45) is 0 Å². The zero-order valence-corrected chi connectivity index (χ0v) is 15.2. The van der Waals surface area contributed by atoms with Crippen LogP contribution in [0.3, 0.4) is 0 Å². The zero-order chi connectivity index (χ0) is 19.7. The highest BCUT2D eigenvalue weighted by Crippen LogP contribution is 2.31. The fraction of sp³-hybridized carbons (Fsp3) is 0.136. The molecule has 0 aliphatic carbocycles. The highest BCUT2D eigenvalue weighted by Gasteiger charge is 2.49. The first-order chi connectivity index (χ1) is 13.5. The Bertz CT molecular complexity index is 1080. The Morgan fingerprint density at radius 1 is 0.964 bits per heavy atom. The average Bonchev–Trinajstić information content (AvgIpc) is 2.92. The first-order valence-corrected chi connectivity index (χ1v) is 8.86. The quantitative estimate of drug-likeness (QED) is 0.432. The Morgan fingerprint density at radius 3 is 2.39 bits per heavy atom. The van der Waals surface area contributed by atoms with Crippen LogP contribution >= 0.6 is 0 Å². The zero-order valence-electron chi connectivity index (χ0n) is 15.2. The molecular weight excluding hydrogens is 356 g/mol. The maximum atomic E-state index is 13.0. The van der Waals surface area contributed by atoms with E-state index in [0.717, 1.165) is 15.7 Å². The van der Waals surface area contributed by atoms with Crippen LogP contribution in [0.15, 0.2) is 72.8 Å². The van der Waals surface area contributed by atoms with Crippen LogP contribution in [0.5, 0.6) is 5.75 Å². The molecule has 1 aliphatic rings. The van der Waals surface area contributed by atoms with Gasteiger partial charge < -0.3 is 10.1 Å². The van der Waals surface area contributed by atoms with Crippen molar-refractivity contribution >= 4 is 28.7 Å². The molecule has 0 spiro atoms. The van der Waals surface area contributed by atoms with Crippen molar-refractivity contribution < 1.29 is 19.1 Å². The maximum Gasteiger partial charge on any atom is 0.331 e. The second-order valence-corrected chi connectivity index (χ2v) is 6.80. The van der Waals surface area contributed by atoms with Gasteiger partial charge in [-0.2, -0.15) is 0 Å². The number of imide groups is 1. The molecule has 3 aromatic carbocycles. The highest BCUT2D eigenvalue weighted by molar-refractivity contribution is 6.09. The molecule has 1 unspecified atom stereocenters. The minimum Gasteiger partial charge on any atom is -0.425 e. The van der Waals surface area contributed by atoms with E-state index in [4.69, 9.17) is 4.74 Å². The Labute approximate surface area is 161 Å². The number of hydrogen-bond acceptors (Lipinski definition) is 4. The Balaban J connectivity index is 1.56. The molecule has 1 fully saturated rings. The Hall–Kier alpha value is -3.67. The summed E-state index contributed by atoms with van der Waals surface area (Å²) in [5.74, 6) is -0.813. The summed E-state index contributed by atoms with van der Waals surface area (Å²) in [7, 11) is 0. The second kappa shape index (κ2) is 6.81. The van der Waals surface area contributed by atoms with Gasteiger partial charge in [0.05, 0.1) is 0 Å². The van der Waals surface area contributed by atoms with Gasteiger partial charge in [-0.15, -0.1) is 0 Å². The number of urea groups is 1. The first-order valence-electron chi connectivity index (χ1n) is 8.86. The summed E-state index contributed by atoms with van der Waals surface area (Å²) in [4.78, 5) is 38.5. The van der Waals surface area contributed by atoms with Crippen LogP contribution < -0.4 is 10.1 Å². The van der Waals surface area contributed by atoms with Gasteiger partial charge in [0.2, 0.25) is 0 Å². The number of nitrogens with one attached hydrogen (secondary N) is 1. The van der Waals surface area contributed by atoms with E-state index in [-0.39, 0.29) is 0 Å². The lowest BCUT2D eigenvalue weighted by Crippen LogP contribution is -2.42. The van der Waals surface area contributed by atoms with E-state index < -0.39 is 30.0 Å². The number of nitrogens with zero attached hydrogens (tertiary/aromatic N) is 1. The van der Waals surface area contributed by atoms with Crippen LogP contribution in [0.4, 0.5) is 4.79 Å². The van der Waals surface area contributed by atoms with Crippen molar-refractivity contribution in [1.82, 2.24) is 10.2 Å². The minimum atomic E-state index is -1.24. The molecule has 1 aliphatic heterocycles. The molecule has 0 saturated carbocycles. The van der Waals surface area contributed by atoms with Crippen molar-refractivity contribution in [3.63, 3.8) is 0 Å². The molecule has 140 valence electrons. The monoisotopic (exact) mass is 374 g/mol. The average molecular weight is 374 g/mol. The Kier molecular flexibility index (Phi) is 4.31. The topological polar surface area (TPSA) is 75.7 Å². The van der Waals surface area contributed by atoms with Crippen LogP contribution in [0.1, 0.15) is 12.5 Å². The van der Waals surface area contributed by atoms with Gasteiger partial charge in [0.15, 0.2) is 0 Å². The lowest BCUT2D eigenvalue weighted by Gasteiger charge is -2.22. The van der Waals surface area contributed by atoms with Crippen LogP contribution in [-0.4, -0.2) is 29.4 Å². The number of benzene rings is 3. The normalized spacial score (nSPS) is 19.0. The summed E-state index contributed by atoms with van der Waals surface area (Å²) in [5, 5.41) is 4.71. The molecular formula is C22H18N2O4. The number of esters is 1. The first kappa shape index (κ1) is 17.7. The van der Waals surface area contributed by atoms with Crippen molar-refractivity contribution in [1.29, 1.82) is 0 Å². The molecule has 0 bridgehead atoms. The predicted molar refractivity (Wildman–Crippen MR) is 104 cm³/mol. The predicted octanol–water partition coefficient (Wildman–Crippen LogP) is 3.21. The highest BCUT2D eigenvalue weighted by atomic mass is 16.5. The molecule has 6 nitrogen and oxygen atoms in total. The van der Waals surface area contributed by atoms with E-state index in [2.05, 4.69) is 5.32 Å². The second-order valence-electron chi connectivity index (χ2n) is 6.80. The third-order valence-electron chi connectivity index (χ3n) is 4.86. The van der Waals surface area contributed by atoms with E-state index in [1.807, 2.05) is 42.5 Å². The molecule has 0 radical (unpaired) electrons. The van der Waals surface area contributed by atoms with Gasteiger partial charge >= 0.3 is 12.0 Å². The fourth-order valence-electron chi connectivity index (χ4n) is 3.32. The molecule has 1 atom stereocenters. The lowest BCUT2D eigenvalue weighted by atomic mass is 9.90. The SMILES string of the molecule is CC1(c2ccc3ccccc3c2)NC(=O)N(CC(=O)Oc2ccccc2)C1=O. The molecule has 0 aromatic heterocycles. The number of rotatable bonds is 4. The fourth-order valence-corrected chi connectivity index (χ4v) is 3.32. The van der Waals surface area contributed by atoms with Crippen molar-refractivity contribution in [3.05, 3.63) is 78.4 Å². The number of carbonyl (C=O) groups excluding carboxylic acids is 3. The van der Waals surface area contributed by atoms with Crippen molar-refractivity contribution in [3.8, 4) is 5.75 Å². The largest absolute Gasteiger partial charge is 0.425 e. The number of hydrogen-bond donors (Lipinski definition) is 1. The molecule has 1 saturated heterocycles. The van der Waals surface area contributed by atoms with Gasteiger partial charge in [0.25, 0.3) is 5.91 Å². The number of amides is 3. The van der Waals surface area contributed by atoms with E-state index in [0.29, 0.717) is 11.3 Å². The van der Waals surface area contributed by atoms with Crippen LogP contribution in [-0.2, 0) is 15.1 Å². The van der Waals surface area contributed by atoms with E-state index in [1.54, 1.807) is 37.3 Å². The van der Waals surface area contributed by atoms with Crippen LogP contribution in [0.2, 0.25) is 0 Å². The van der Waals surface area contributed by atoms with E-state index >= 15 is 0 Å². The van der Waals surface area contributed by atoms with E-state index in [1.165, 1.54) is 0 Å². The van der Waals surface area contributed by atoms with Gasteiger partial charge in [-0.25, -0.2) is 9.59 Å². The van der Waals surface area contributed by atoms with Crippen LogP contribution in [0, 0.1) is 0 Å². The number of carbonyl (C=O) groups is 3. The number of fused-ring (bicyclic) bond motifs is 1. The molecule has 28 heavy (non-hydrogen) atoms. The number of para-hydroxylation sites is 1. The summed E-state index contributed by atoms with van der Waals surface area (Å²) >= 11 is 0. The van der Waals surface area contributed by atoms with E-state index in [9.17, 15) is 14.4 Å². The number of ether oxygens (including phenoxy) is 1. The summed E-state index contributed by atoms with van der Waals surface area (Å²) < 4.78 is 5.19. The summed E-state index contributed by atoms with van der Waals surface area (Å²) in [6.07, 6.45) is 0. The minimum absolute atomic E-state index is 0.358. The van der Waals surface area contributed by atoms with Crippen molar-refractivity contribution in [2.45, 2.75) is 12.5 Å². The van der Waals surface area contributed by atoms with Crippen molar-refractivity contribution in [2.75, 3.05) is 6.54 Å². The van der Waals surface area contributed by atoms with Gasteiger partial charge in [-0.1, -0.05) is 54.6 Å². The summed E-state index contributed by atoms with van der Waals surface area (Å²) in [6, 6.07) is 21.2. The molecule has 3 amide bonds. The molecule has 6 heteroatoms. The Morgan fingerprint density at radius 2 is 1.64 bits per heavy atom.